The molecule has 2 aliphatic rings. The summed E-state index contributed by atoms with van der Waals surface area (Å²) >= 11 is 6.50. The molecule has 0 unspecified atom stereocenters. The number of anilines is 2. The summed E-state index contributed by atoms with van der Waals surface area (Å²) in [5.74, 6) is -1.35. The summed E-state index contributed by atoms with van der Waals surface area (Å²) in [5, 5.41) is 10.6. The molecular formula is C26H27ClF2N6O2. The van der Waals surface area contributed by atoms with E-state index < -0.39 is 17.4 Å². The zero-order valence-corrected chi connectivity index (χ0v) is 21.3. The lowest BCUT2D eigenvalue weighted by molar-refractivity contribution is -0.126. The second-order valence-electron chi connectivity index (χ2n) is 9.46. The number of aromatic nitrogens is 2. The Hall–Kier alpha value is -3.50. The number of fused-ring (bicyclic) bond motifs is 1. The molecule has 1 N–H and O–H groups in total. The zero-order valence-electron chi connectivity index (χ0n) is 20.6. The van der Waals surface area contributed by atoms with Gasteiger partial charge in [-0.05, 0) is 38.4 Å². The van der Waals surface area contributed by atoms with Gasteiger partial charge in [-0.25, -0.2) is 13.8 Å². The van der Waals surface area contributed by atoms with Crippen LogP contribution < -0.4 is 9.80 Å². The number of hydrogen-bond donors (Lipinski definition) is 1. The van der Waals surface area contributed by atoms with E-state index in [-0.39, 0.29) is 27.6 Å². The summed E-state index contributed by atoms with van der Waals surface area (Å²) in [7, 11) is 3.99. The van der Waals surface area contributed by atoms with Crippen LogP contribution in [0.2, 0.25) is 5.02 Å². The van der Waals surface area contributed by atoms with Gasteiger partial charge in [-0.15, -0.1) is 0 Å². The molecule has 0 radical (unpaired) electrons. The zero-order chi connectivity index (χ0) is 26.4. The van der Waals surface area contributed by atoms with Crippen LogP contribution in [0.15, 0.2) is 36.9 Å². The molecule has 0 atom stereocenters. The van der Waals surface area contributed by atoms with Crippen molar-refractivity contribution in [3.8, 4) is 16.9 Å². The molecule has 3 aromatic rings. The number of carbonyl (C=O) groups excluding carboxylic acids is 1. The highest BCUT2D eigenvalue weighted by Crippen LogP contribution is 2.43. The van der Waals surface area contributed by atoms with E-state index in [4.69, 9.17) is 16.6 Å². The van der Waals surface area contributed by atoms with Crippen LogP contribution in [0, 0.1) is 11.6 Å². The maximum Gasteiger partial charge on any atom is 0.246 e. The second-order valence-corrected chi connectivity index (χ2v) is 9.87. The second kappa shape index (κ2) is 9.75. The Bertz CT molecular complexity index is 1370. The summed E-state index contributed by atoms with van der Waals surface area (Å²) in [4.78, 5) is 29.1. The minimum Gasteiger partial charge on any atom is -0.507 e. The van der Waals surface area contributed by atoms with Gasteiger partial charge in [0.2, 0.25) is 11.9 Å². The molecule has 2 aromatic carbocycles. The topological polar surface area (TPSA) is 76.0 Å². The van der Waals surface area contributed by atoms with Crippen LogP contribution in [-0.2, 0) is 4.79 Å². The molecule has 0 spiro atoms. The number of likely N-dealkylation sites (N-methyl/N-ethyl adjacent to an activating group) is 1. The summed E-state index contributed by atoms with van der Waals surface area (Å²) in [6, 6.07) is 5.58. The van der Waals surface area contributed by atoms with Gasteiger partial charge in [-0.3, -0.25) is 4.79 Å². The molecule has 194 valence electrons. The molecule has 2 saturated heterocycles. The predicted octanol–water partition coefficient (Wildman–Crippen LogP) is 3.52. The van der Waals surface area contributed by atoms with Gasteiger partial charge in [0, 0.05) is 56.3 Å². The van der Waals surface area contributed by atoms with Gasteiger partial charge in [-0.2, -0.15) is 4.98 Å². The summed E-state index contributed by atoms with van der Waals surface area (Å²) < 4.78 is 30.9. The first-order valence-electron chi connectivity index (χ1n) is 11.9. The third-order valence-electron chi connectivity index (χ3n) is 7.03. The van der Waals surface area contributed by atoms with Crippen LogP contribution >= 0.6 is 11.6 Å². The minimum absolute atomic E-state index is 0.0139. The number of aromatic hydroxyl groups is 1. The fourth-order valence-electron chi connectivity index (χ4n) is 4.75. The maximum atomic E-state index is 16.1. The van der Waals surface area contributed by atoms with Gasteiger partial charge in [-0.1, -0.05) is 24.2 Å². The predicted molar refractivity (Wildman–Crippen MR) is 140 cm³/mol. The number of benzene rings is 2. The number of phenolic OH excluding ortho intramolecular Hbond substituents is 1. The molecule has 0 saturated carbocycles. The van der Waals surface area contributed by atoms with E-state index in [9.17, 15) is 14.3 Å². The highest BCUT2D eigenvalue weighted by atomic mass is 35.5. The van der Waals surface area contributed by atoms with Crippen molar-refractivity contribution in [1.29, 1.82) is 0 Å². The molecule has 8 nitrogen and oxygen atoms in total. The lowest BCUT2D eigenvalue weighted by atomic mass is 10.0. The number of carbonyl (C=O) groups is 1. The largest absolute Gasteiger partial charge is 0.507 e. The van der Waals surface area contributed by atoms with Crippen molar-refractivity contribution in [2.45, 2.75) is 6.04 Å². The van der Waals surface area contributed by atoms with Crippen LogP contribution in [0.1, 0.15) is 0 Å². The third-order valence-corrected chi connectivity index (χ3v) is 7.33. The molecule has 11 heteroatoms. The first-order valence-corrected chi connectivity index (χ1v) is 12.3. The molecule has 2 aliphatic heterocycles. The fraction of sp³-hybridized carbons (Fsp3) is 0.346. The normalized spacial score (nSPS) is 16.4. The highest BCUT2D eigenvalue weighted by Gasteiger charge is 2.33. The van der Waals surface area contributed by atoms with E-state index in [1.807, 2.05) is 23.9 Å². The monoisotopic (exact) mass is 528 g/mol. The van der Waals surface area contributed by atoms with Gasteiger partial charge in [0.25, 0.3) is 0 Å². The molecule has 1 amide bonds. The van der Waals surface area contributed by atoms with E-state index in [0.29, 0.717) is 62.5 Å². The van der Waals surface area contributed by atoms with Crippen molar-refractivity contribution >= 4 is 40.2 Å². The average molecular weight is 529 g/mol. The minimum atomic E-state index is -0.835. The Morgan fingerprint density at radius 1 is 1.14 bits per heavy atom. The van der Waals surface area contributed by atoms with Crippen LogP contribution in [0.4, 0.5) is 20.5 Å². The number of piperazine rings is 1. The van der Waals surface area contributed by atoms with Crippen LogP contribution in [0.25, 0.3) is 22.0 Å². The van der Waals surface area contributed by atoms with Gasteiger partial charge >= 0.3 is 0 Å². The van der Waals surface area contributed by atoms with Crippen molar-refractivity contribution in [3.63, 3.8) is 0 Å². The first-order chi connectivity index (χ1) is 17.7. The quantitative estimate of drug-likeness (QED) is 0.508. The van der Waals surface area contributed by atoms with E-state index in [2.05, 4.69) is 16.5 Å². The molecule has 5 rings (SSSR count). The van der Waals surface area contributed by atoms with Crippen molar-refractivity contribution in [2.75, 3.05) is 63.2 Å². The van der Waals surface area contributed by atoms with Crippen molar-refractivity contribution < 1.29 is 18.7 Å². The summed E-state index contributed by atoms with van der Waals surface area (Å²) in [6.45, 7) is 6.75. The number of nitrogens with zero attached hydrogens (tertiary/aromatic N) is 6. The average Bonchev–Trinajstić information content (AvgIpc) is 2.84. The molecule has 2 fully saturated rings. The van der Waals surface area contributed by atoms with Crippen LogP contribution in [-0.4, -0.2) is 90.2 Å². The van der Waals surface area contributed by atoms with E-state index >= 15 is 4.39 Å². The SMILES string of the molecule is C=CC(=O)N1CCN(c2nc(N3CC(N(C)C)C3)nc3c(F)c(-c4c(O)cccc4F)c(Cl)cc23)CC1. The van der Waals surface area contributed by atoms with E-state index in [1.54, 1.807) is 4.90 Å². The summed E-state index contributed by atoms with van der Waals surface area (Å²) in [6.07, 6.45) is 1.29. The fourth-order valence-corrected chi connectivity index (χ4v) is 5.04. The van der Waals surface area contributed by atoms with E-state index in [0.717, 1.165) is 6.07 Å². The van der Waals surface area contributed by atoms with Gasteiger partial charge in [0.1, 0.15) is 22.9 Å². The number of phenols is 1. The van der Waals surface area contributed by atoms with Crippen LogP contribution in [0.3, 0.4) is 0 Å². The Morgan fingerprint density at radius 2 is 1.84 bits per heavy atom. The standard InChI is InChI=1S/C26H27ClF2N6O2/c1-4-20(37)33-8-10-34(11-9-33)25-16-12-17(27)21(22-18(28)6-5-7-19(22)36)23(29)24(16)30-26(31-25)35-13-15(14-35)32(2)3/h4-7,12,15,36H,1,8-11,13-14H2,2-3H3. The molecule has 3 heterocycles. The van der Waals surface area contributed by atoms with Gasteiger partial charge in [0.15, 0.2) is 5.82 Å². The molecule has 37 heavy (non-hydrogen) atoms. The Morgan fingerprint density at radius 3 is 2.46 bits per heavy atom. The van der Waals surface area contributed by atoms with E-state index in [1.165, 1.54) is 24.3 Å². The number of hydrogen-bond acceptors (Lipinski definition) is 7. The first kappa shape index (κ1) is 25.2. The van der Waals surface area contributed by atoms with Crippen molar-refractivity contribution in [3.05, 3.63) is 53.6 Å². The molecular weight excluding hydrogens is 502 g/mol. The third kappa shape index (κ3) is 4.44. The highest BCUT2D eigenvalue weighted by molar-refractivity contribution is 6.34. The lowest BCUT2D eigenvalue weighted by Gasteiger charge is -2.43. The lowest BCUT2D eigenvalue weighted by Crippen LogP contribution is -2.58. The van der Waals surface area contributed by atoms with Crippen molar-refractivity contribution in [1.82, 2.24) is 19.8 Å². The Balaban J connectivity index is 1.64. The molecule has 0 aliphatic carbocycles. The van der Waals surface area contributed by atoms with Gasteiger partial charge < -0.3 is 24.7 Å². The molecule has 0 bridgehead atoms. The van der Waals surface area contributed by atoms with Crippen molar-refractivity contribution in [2.24, 2.45) is 0 Å². The Labute approximate surface area is 218 Å². The molecule has 1 aromatic heterocycles. The van der Waals surface area contributed by atoms with Crippen LogP contribution in [0.5, 0.6) is 5.75 Å². The number of rotatable bonds is 5. The number of halogens is 3. The summed E-state index contributed by atoms with van der Waals surface area (Å²) in [5.41, 5.74) is -0.585. The Kier molecular flexibility index (Phi) is 6.63. The van der Waals surface area contributed by atoms with Gasteiger partial charge in [0.05, 0.1) is 10.6 Å². The smallest absolute Gasteiger partial charge is 0.246 e. The number of amides is 1. The maximum absolute atomic E-state index is 16.1.